The third-order valence-electron chi connectivity index (χ3n) is 6.84. The van der Waals surface area contributed by atoms with Gasteiger partial charge in [-0.05, 0) is 49.2 Å². The van der Waals surface area contributed by atoms with Crippen molar-refractivity contribution in [2.45, 2.75) is 25.8 Å². The molecule has 4 aromatic rings. The molecule has 4 heterocycles. The monoisotopic (exact) mass is 547 g/mol. The predicted octanol–water partition coefficient (Wildman–Crippen LogP) is 3.45. The zero-order valence-electron chi connectivity index (χ0n) is 22.3. The van der Waals surface area contributed by atoms with Crippen molar-refractivity contribution in [2.75, 3.05) is 50.6 Å². The molecule has 0 bridgehead atoms. The molecule has 1 aliphatic rings. The van der Waals surface area contributed by atoms with Crippen LogP contribution in [0.15, 0.2) is 36.4 Å². The van der Waals surface area contributed by atoms with E-state index >= 15 is 0 Å². The summed E-state index contributed by atoms with van der Waals surface area (Å²) in [6.45, 7) is 3.93. The van der Waals surface area contributed by atoms with Crippen molar-refractivity contribution in [3.05, 3.63) is 52.8 Å². The van der Waals surface area contributed by atoms with Crippen molar-refractivity contribution in [1.29, 1.82) is 5.26 Å². The van der Waals surface area contributed by atoms with E-state index in [9.17, 15) is 14.4 Å². The molecule has 3 aromatic heterocycles. The van der Waals surface area contributed by atoms with Crippen molar-refractivity contribution < 1.29 is 9.18 Å². The van der Waals surface area contributed by atoms with Gasteiger partial charge in [-0.2, -0.15) is 9.78 Å². The molecule has 0 spiro atoms. The smallest absolute Gasteiger partial charge is 0.236 e. The molecular weight excluding hydrogens is 517 g/mol. The third-order valence-corrected chi connectivity index (χ3v) is 7.87. The van der Waals surface area contributed by atoms with Crippen LogP contribution in [0.1, 0.15) is 23.9 Å². The van der Waals surface area contributed by atoms with Gasteiger partial charge in [-0.3, -0.25) is 4.79 Å². The zero-order valence-corrected chi connectivity index (χ0v) is 23.2. The lowest BCUT2D eigenvalue weighted by molar-refractivity contribution is -0.127. The summed E-state index contributed by atoms with van der Waals surface area (Å²) in [4.78, 5) is 27.7. The number of nitriles is 1. The molecule has 0 radical (unpaired) electrons. The number of likely N-dealkylation sites (N-methyl/N-ethyl adjacent to an activating group) is 1. The Morgan fingerprint density at radius 3 is 2.67 bits per heavy atom. The molecule has 1 unspecified atom stereocenters. The zero-order chi connectivity index (χ0) is 27.7. The number of imidazole rings is 1. The van der Waals surface area contributed by atoms with E-state index < -0.39 is 0 Å². The Morgan fingerprint density at radius 2 is 1.97 bits per heavy atom. The van der Waals surface area contributed by atoms with E-state index in [1.54, 1.807) is 31.1 Å². The lowest BCUT2D eigenvalue weighted by Gasteiger charge is -2.20. The van der Waals surface area contributed by atoms with Gasteiger partial charge in [-0.15, -0.1) is 5.10 Å². The van der Waals surface area contributed by atoms with E-state index in [2.05, 4.69) is 16.3 Å². The SMILES string of the molecule is CCc1nc2ccc(N3CCC(NCC(=O)N(C)C)C3)nn2c1N(C)c1nc(-c2ccc(F)cc2)c(C#N)s1. The highest BCUT2D eigenvalue weighted by Gasteiger charge is 2.26. The molecule has 0 saturated carbocycles. The Morgan fingerprint density at radius 1 is 1.21 bits per heavy atom. The number of amides is 1. The van der Waals surface area contributed by atoms with Crippen LogP contribution in [0.5, 0.6) is 0 Å². The van der Waals surface area contributed by atoms with Crippen LogP contribution in [0.3, 0.4) is 0 Å². The van der Waals surface area contributed by atoms with E-state index in [0.717, 1.165) is 42.5 Å². The van der Waals surface area contributed by atoms with Gasteiger partial charge in [0.15, 0.2) is 16.6 Å². The van der Waals surface area contributed by atoms with E-state index in [-0.39, 0.29) is 17.8 Å². The number of halogens is 1. The summed E-state index contributed by atoms with van der Waals surface area (Å²) in [5.41, 5.74) is 2.79. The minimum Gasteiger partial charge on any atom is -0.354 e. The molecule has 1 amide bonds. The largest absolute Gasteiger partial charge is 0.354 e. The van der Waals surface area contributed by atoms with Gasteiger partial charge in [-0.1, -0.05) is 18.3 Å². The summed E-state index contributed by atoms with van der Waals surface area (Å²) in [5, 5.41) is 18.7. The Labute approximate surface area is 230 Å². The van der Waals surface area contributed by atoms with Gasteiger partial charge in [-0.25, -0.2) is 14.4 Å². The number of benzene rings is 1. The molecule has 1 fully saturated rings. The normalized spacial score (nSPS) is 15.1. The standard InChI is InChI=1S/C27H30FN9OS/c1-5-20-26(35(4)27-32-25(21(14-29)39-27)17-6-8-18(28)9-7-17)37-22(31-20)10-11-23(33-37)36-13-12-19(16-36)30-15-24(38)34(2)3/h6-11,19,30H,5,12-13,15-16H2,1-4H3. The second-order valence-corrected chi connectivity index (χ2v) is 10.6. The molecule has 5 rings (SSSR count). The van der Waals surface area contributed by atoms with Crippen LogP contribution < -0.4 is 15.1 Å². The Bertz CT molecular complexity index is 1540. The first-order valence-electron chi connectivity index (χ1n) is 12.8. The number of nitrogens with zero attached hydrogens (tertiary/aromatic N) is 8. The summed E-state index contributed by atoms with van der Waals surface area (Å²) in [6, 6.07) is 12.3. The number of thiazole rings is 1. The van der Waals surface area contributed by atoms with E-state index in [1.165, 1.54) is 23.5 Å². The molecular formula is C27H30FN9OS. The topological polar surface area (TPSA) is 106 Å². The highest BCUT2D eigenvalue weighted by atomic mass is 32.1. The van der Waals surface area contributed by atoms with E-state index in [1.807, 2.05) is 35.5 Å². The van der Waals surface area contributed by atoms with Crippen LogP contribution in [0.4, 0.5) is 21.2 Å². The summed E-state index contributed by atoms with van der Waals surface area (Å²) in [5.74, 6) is 1.32. The van der Waals surface area contributed by atoms with Crippen LogP contribution in [0.2, 0.25) is 0 Å². The molecule has 12 heteroatoms. The predicted molar refractivity (Wildman–Crippen MR) is 150 cm³/mol. The van der Waals surface area contributed by atoms with Crippen LogP contribution in [-0.2, 0) is 11.2 Å². The van der Waals surface area contributed by atoms with Gasteiger partial charge < -0.3 is 20.0 Å². The second kappa shape index (κ2) is 11.0. The van der Waals surface area contributed by atoms with Gasteiger partial charge >= 0.3 is 0 Å². The first-order valence-corrected chi connectivity index (χ1v) is 13.6. The fourth-order valence-corrected chi connectivity index (χ4v) is 5.49. The molecule has 1 N–H and O–H groups in total. The van der Waals surface area contributed by atoms with Gasteiger partial charge in [0, 0.05) is 45.8 Å². The van der Waals surface area contributed by atoms with Crippen LogP contribution in [0, 0.1) is 17.1 Å². The minimum atomic E-state index is -0.341. The summed E-state index contributed by atoms with van der Waals surface area (Å²) in [6.07, 6.45) is 1.61. The third kappa shape index (κ3) is 5.28. The van der Waals surface area contributed by atoms with Crippen molar-refractivity contribution in [2.24, 2.45) is 0 Å². The van der Waals surface area contributed by atoms with Gasteiger partial charge in [0.25, 0.3) is 0 Å². The minimum absolute atomic E-state index is 0.0514. The number of aromatic nitrogens is 4. The molecule has 1 atom stereocenters. The summed E-state index contributed by atoms with van der Waals surface area (Å²) in [7, 11) is 5.40. The molecule has 0 aliphatic carbocycles. The quantitative estimate of drug-likeness (QED) is 0.358. The van der Waals surface area contributed by atoms with Gasteiger partial charge in [0.2, 0.25) is 5.91 Å². The molecule has 39 heavy (non-hydrogen) atoms. The number of hydrogen-bond acceptors (Lipinski definition) is 9. The van der Waals surface area contributed by atoms with Crippen LogP contribution in [-0.4, -0.2) is 77.2 Å². The maximum absolute atomic E-state index is 13.5. The Hall–Kier alpha value is -4.08. The molecule has 1 aliphatic heterocycles. The Kier molecular flexibility index (Phi) is 7.45. The first-order chi connectivity index (χ1) is 18.8. The highest BCUT2D eigenvalue weighted by molar-refractivity contribution is 7.16. The maximum Gasteiger partial charge on any atom is 0.236 e. The average Bonchev–Trinajstić information content (AvgIpc) is 3.68. The van der Waals surface area contributed by atoms with Crippen molar-refractivity contribution in [3.8, 4) is 17.3 Å². The van der Waals surface area contributed by atoms with Crippen molar-refractivity contribution >= 4 is 39.7 Å². The molecule has 1 saturated heterocycles. The summed E-state index contributed by atoms with van der Waals surface area (Å²) >= 11 is 1.27. The fourth-order valence-electron chi connectivity index (χ4n) is 4.65. The molecule has 1 aromatic carbocycles. The number of rotatable bonds is 8. The number of nitrogens with one attached hydrogen (secondary N) is 1. The number of fused-ring (bicyclic) bond motifs is 1. The lowest BCUT2D eigenvalue weighted by atomic mass is 10.1. The van der Waals surface area contributed by atoms with Crippen molar-refractivity contribution in [1.82, 2.24) is 29.8 Å². The number of carbonyl (C=O) groups is 1. The highest BCUT2D eigenvalue weighted by Crippen LogP contribution is 2.37. The lowest BCUT2D eigenvalue weighted by Crippen LogP contribution is -2.40. The fraction of sp³-hybridized carbons (Fsp3) is 0.370. The van der Waals surface area contributed by atoms with E-state index in [4.69, 9.17) is 15.1 Å². The second-order valence-electron chi connectivity index (χ2n) is 9.65. The first kappa shape index (κ1) is 26.5. The van der Waals surface area contributed by atoms with Crippen molar-refractivity contribution in [3.63, 3.8) is 0 Å². The number of anilines is 3. The van der Waals surface area contributed by atoms with Gasteiger partial charge in [0.1, 0.15) is 28.3 Å². The number of hydrogen-bond donors (Lipinski definition) is 1. The van der Waals surface area contributed by atoms with Crippen LogP contribution >= 0.6 is 11.3 Å². The maximum atomic E-state index is 13.5. The molecule has 202 valence electrons. The van der Waals surface area contributed by atoms with Gasteiger partial charge in [0.05, 0.1) is 12.2 Å². The Balaban J connectivity index is 1.44. The number of carbonyl (C=O) groups excluding carboxylic acids is 1. The molecule has 10 nitrogen and oxygen atoms in total. The number of aryl methyl sites for hydroxylation is 1. The van der Waals surface area contributed by atoms with Crippen LogP contribution in [0.25, 0.3) is 16.9 Å². The summed E-state index contributed by atoms with van der Waals surface area (Å²) < 4.78 is 15.3. The van der Waals surface area contributed by atoms with E-state index in [0.29, 0.717) is 34.2 Å². The average molecular weight is 548 g/mol.